The number of hydrogen-bond acceptors (Lipinski definition) is 3. The van der Waals surface area contributed by atoms with Crippen LogP contribution in [0.4, 0.5) is 0 Å². The zero-order valence-corrected chi connectivity index (χ0v) is 11.1. The maximum absolute atomic E-state index is 12.1. The molecular formula is C15H18N2O2. The molecular weight excluding hydrogens is 240 g/mol. The number of likely N-dealkylation sites (tertiary alicyclic amines) is 1. The first-order valence-electron chi connectivity index (χ1n) is 6.49. The molecule has 0 spiro atoms. The maximum atomic E-state index is 12.1. The Kier molecular flexibility index (Phi) is 3.75. The van der Waals surface area contributed by atoms with Crippen molar-refractivity contribution in [3.8, 4) is 11.8 Å². The van der Waals surface area contributed by atoms with Crippen molar-refractivity contribution in [1.82, 2.24) is 4.90 Å². The quantitative estimate of drug-likeness (QED) is 0.883. The molecule has 1 aliphatic rings. The van der Waals surface area contributed by atoms with Gasteiger partial charge in [-0.1, -0.05) is 12.1 Å². The molecule has 0 atom stereocenters. The van der Waals surface area contributed by atoms with E-state index in [0.717, 1.165) is 18.4 Å². The molecule has 1 amide bonds. The highest BCUT2D eigenvalue weighted by Crippen LogP contribution is 2.30. The van der Waals surface area contributed by atoms with Crippen molar-refractivity contribution in [2.24, 2.45) is 5.41 Å². The number of rotatable bonds is 2. The van der Waals surface area contributed by atoms with E-state index in [9.17, 15) is 9.90 Å². The van der Waals surface area contributed by atoms with Gasteiger partial charge >= 0.3 is 0 Å². The van der Waals surface area contributed by atoms with Gasteiger partial charge in [0.25, 0.3) is 0 Å². The third-order valence-corrected chi connectivity index (χ3v) is 3.76. The van der Waals surface area contributed by atoms with E-state index in [1.165, 1.54) is 0 Å². The van der Waals surface area contributed by atoms with E-state index >= 15 is 0 Å². The van der Waals surface area contributed by atoms with E-state index in [4.69, 9.17) is 5.26 Å². The van der Waals surface area contributed by atoms with E-state index in [0.29, 0.717) is 19.5 Å². The van der Waals surface area contributed by atoms with Crippen LogP contribution in [0.5, 0.6) is 5.75 Å². The van der Waals surface area contributed by atoms with Crippen LogP contribution in [0.25, 0.3) is 0 Å². The number of amides is 1. The van der Waals surface area contributed by atoms with Crippen molar-refractivity contribution >= 4 is 5.91 Å². The molecule has 0 aliphatic carbocycles. The number of phenolic OH excluding ortho intramolecular Hbond substituents is 1. The van der Waals surface area contributed by atoms with Gasteiger partial charge in [-0.15, -0.1) is 0 Å². The van der Waals surface area contributed by atoms with Gasteiger partial charge in [-0.05, 0) is 37.5 Å². The number of carbonyl (C=O) groups is 1. The first kappa shape index (κ1) is 13.4. The molecule has 4 heteroatoms. The summed E-state index contributed by atoms with van der Waals surface area (Å²) in [6, 6.07) is 9.10. The molecule has 1 aliphatic heterocycles. The van der Waals surface area contributed by atoms with Crippen molar-refractivity contribution in [3.05, 3.63) is 29.8 Å². The third-order valence-electron chi connectivity index (χ3n) is 3.76. The molecule has 0 unspecified atom stereocenters. The van der Waals surface area contributed by atoms with Crippen LogP contribution in [-0.2, 0) is 11.2 Å². The Labute approximate surface area is 113 Å². The van der Waals surface area contributed by atoms with E-state index < -0.39 is 0 Å². The van der Waals surface area contributed by atoms with Crippen LogP contribution < -0.4 is 0 Å². The van der Waals surface area contributed by atoms with Gasteiger partial charge in [0.1, 0.15) is 5.75 Å². The van der Waals surface area contributed by atoms with Crippen LogP contribution in [0.15, 0.2) is 24.3 Å². The molecule has 0 radical (unpaired) electrons. The lowest BCUT2D eigenvalue weighted by Gasteiger charge is -2.35. The largest absolute Gasteiger partial charge is 0.508 e. The average molecular weight is 258 g/mol. The molecule has 19 heavy (non-hydrogen) atoms. The van der Waals surface area contributed by atoms with Crippen LogP contribution in [-0.4, -0.2) is 29.0 Å². The maximum Gasteiger partial charge on any atom is 0.226 e. The topological polar surface area (TPSA) is 64.3 Å². The normalized spacial score (nSPS) is 17.8. The fourth-order valence-electron chi connectivity index (χ4n) is 2.31. The average Bonchev–Trinajstić information content (AvgIpc) is 2.39. The second kappa shape index (κ2) is 5.31. The molecule has 1 saturated heterocycles. The predicted octanol–water partition coefficient (Wildman–Crippen LogP) is 2.09. The lowest BCUT2D eigenvalue weighted by molar-refractivity contribution is -0.132. The van der Waals surface area contributed by atoms with E-state index in [1.807, 2.05) is 17.9 Å². The molecule has 4 nitrogen and oxygen atoms in total. The Morgan fingerprint density at radius 3 is 2.74 bits per heavy atom. The summed E-state index contributed by atoms with van der Waals surface area (Å²) in [6.45, 7) is 3.23. The fraction of sp³-hybridized carbons (Fsp3) is 0.467. The van der Waals surface area contributed by atoms with Crippen molar-refractivity contribution in [1.29, 1.82) is 5.26 Å². The van der Waals surface area contributed by atoms with Crippen LogP contribution in [0.2, 0.25) is 0 Å². The second-order valence-electron chi connectivity index (χ2n) is 5.40. The van der Waals surface area contributed by atoms with Crippen molar-refractivity contribution in [2.75, 3.05) is 13.1 Å². The first-order valence-corrected chi connectivity index (χ1v) is 6.49. The summed E-state index contributed by atoms with van der Waals surface area (Å²) in [6.07, 6.45) is 1.77. The molecule has 0 bridgehead atoms. The summed E-state index contributed by atoms with van der Waals surface area (Å²) in [4.78, 5) is 13.9. The molecule has 1 aromatic rings. The summed E-state index contributed by atoms with van der Waals surface area (Å²) in [5, 5.41) is 18.4. The smallest absolute Gasteiger partial charge is 0.226 e. The highest BCUT2D eigenvalue weighted by molar-refractivity contribution is 5.79. The van der Waals surface area contributed by atoms with Gasteiger partial charge in [0.2, 0.25) is 5.91 Å². The number of aromatic hydroxyl groups is 1. The fourth-order valence-corrected chi connectivity index (χ4v) is 2.31. The van der Waals surface area contributed by atoms with Gasteiger partial charge in [0, 0.05) is 13.1 Å². The first-order chi connectivity index (χ1) is 9.02. The molecule has 1 N–H and O–H groups in total. The van der Waals surface area contributed by atoms with Crippen molar-refractivity contribution in [2.45, 2.75) is 26.2 Å². The molecule has 1 heterocycles. The van der Waals surface area contributed by atoms with E-state index in [1.54, 1.807) is 18.2 Å². The summed E-state index contributed by atoms with van der Waals surface area (Å²) < 4.78 is 0. The van der Waals surface area contributed by atoms with Crippen molar-refractivity contribution in [3.63, 3.8) is 0 Å². The standard InChI is InChI=1S/C15H18N2O2/c1-15(11-16)5-7-17(8-6-15)14(19)10-12-3-2-4-13(18)9-12/h2-4,9,18H,5-8,10H2,1H3. The van der Waals surface area contributed by atoms with Gasteiger partial charge in [-0.25, -0.2) is 0 Å². The molecule has 100 valence electrons. The number of carbonyl (C=O) groups excluding carboxylic acids is 1. The monoisotopic (exact) mass is 258 g/mol. The van der Waals surface area contributed by atoms with Gasteiger partial charge < -0.3 is 10.0 Å². The minimum Gasteiger partial charge on any atom is -0.508 e. The minimum absolute atomic E-state index is 0.0607. The Balaban J connectivity index is 1.94. The highest BCUT2D eigenvalue weighted by atomic mass is 16.3. The van der Waals surface area contributed by atoms with E-state index in [2.05, 4.69) is 6.07 Å². The van der Waals surface area contributed by atoms with Gasteiger partial charge in [-0.3, -0.25) is 4.79 Å². The zero-order chi connectivity index (χ0) is 13.9. The van der Waals surface area contributed by atoms with Gasteiger partial charge in [0.05, 0.1) is 17.9 Å². The number of nitriles is 1. The summed E-state index contributed by atoms with van der Waals surface area (Å²) in [5.41, 5.74) is 0.528. The number of piperidine rings is 1. The third kappa shape index (κ3) is 3.25. The van der Waals surface area contributed by atoms with Crippen LogP contribution in [0, 0.1) is 16.7 Å². The van der Waals surface area contributed by atoms with Crippen LogP contribution in [0.1, 0.15) is 25.3 Å². The summed E-state index contributed by atoms with van der Waals surface area (Å²) >= 11 is 0. The van der Waals surface area contributed by atoms with E-state index in [-0.39, 0.29) is 17.1 Å². The van der Waals surface area contributed by atoms with Crippen LogP contribution >= 0.6 is 0 Å². The Morgan fingerprint density at radius 2 is 2.16 bits per heavy atom. The van der Waals surface area contributed by atoms with Gasteiger partial charge in [-0.2, -0.15) is 5.26 Å². The summed E-state index contributed by atoms with van der Waals surface area (Å²) in [7, 11) is 0. The Bertz CT molecular complexity index is 511. The number of phenols is 1. The minimum atomic E-state index is -0.290. The SMILES string of the molecule is CC1(C#N)CCN(C(=O)Cc2cccc(O)c2)CC1. The van der Waals surface area contributed by atoms with Crippen molar-refractivity contribution < 1.29 is 9.90 Å². The lowest BCUT2D eigenvalue weighted by Crippen LogP contribution is -2.42. The highest BCUT2D eigenvalue weighted by Gasteiger charge is 2.31. The second-order valence-corrected chi connectivity index (χ2v) is 5.40. The molecule has 0 aromatic heterocycles. The predicted molar refractivity (Wildman–Crippen MR) is 71.3 cm³/mol. The zero-order valence-electron chi connectivity index (χ0n) is 11.1. The Hall–Kier alpha value is -2.02. The lowest BCUT2D eigenvalue weighted by atomic mass is 9.82. The number of hydrogen-bond donors (Lipinski definition) is 1. The summed E-state index contributed by atoms with van der Waals surface area (Å²) in [5.74, 6) is 0.242. The molecule has 1 fully saturated rings. The van der Waals surface area contributed by atoms with Gasteiger partial charge in [0.15, 0.2) is 0 Å². The Morgan fingerprint density at radius 1 is 1.47 bits per heavy atom. The molecule has 2 rings (SSSR count). The number of nitrogens with zero attached hydrogens (tertiary/aromatic N) is 2. The molecule has 0 saturated carbocycles. The number of benzene rings is 1. The molecule has 1 aromatic carbocycles. The van der Waals surface area contributed by atoms with Crippen LogP contribution in [0.3, 0.4) is 0 Å².